The van der Waals surface area contributed by atoms with Crippen molar-refractivity contribution in [3.8, 4) is 0 Å². The number of hydrogen-bond donors (Lipinski definition) is 1. The predicted molar refractivity (Wildman–Crippen MR) is 79.2 cm³/mol. The van der Waals surface area contributed by atoms with E-state index in [-0.39, 0.29) is 6.04 Å². The lowest BCUT2D eigenvalue weighted by atomic mass is 10.1. The Morgan fingerprint density at radius 2 is 1.85 bits per heavy atom. The van der Waals surface area contributed by atoms with Crippen LogP contribution in [0.3, 0.4) is 0 Å². The van der Waals surface area contributed by atoms with Gasteiger partial charge in [0.05, 0.1) is 11.6 Å². The number of aromatic carboxylic acids is 1. The quantitative estimate of drug-likeness (QED) is 0.779. The molecular formula is C17H15NO2. The van der Waals surface area contributed by atoms with Crippen molar-refractivity contribution >= 4 is 16.9 Å². The highest BCUT2D eigenvalue weighted by atomic mass is 16.4. The molecule has 3 aromatic rings. The Morgan fingerprint density at radius 1 is 1.10 bits per heavy atom. The molecular weight excluding hydrogens is 250 g/mol. The van der Waals surface area contributed by atoms with Gasteiger partial charge < -0.3 is 9.67 Å². The summed E-state index contributed by atoms with van der Waals surface area (Å²) in [6, 6.07) is 17.6. The molecule has 0 aliphatic rings. The summed E-state index contributed by atoms with van der Waals surface area (Å²) in [7, 11) is 0. The predicted octanol–water partition coefficient (Wildman–Crippen LogP) is 3.95. The zero-order valence-electron chi connectivity index (χ0n) is 11.2. The SMILES string of the molecule is CC(c1ccccc1)n1ccc2ccc(C(=O)O)cc21. The molecule has 0 spiro atoms. The molecule has 2 aromatic carbocycles. The summed E-state index contributed by atoms with van der Waals surface area (Å²) < 4.78 is 2.11. The Bertz CT molecular complexity index is 759. The molecule has 0 aliphatic carbocycles. The molecule has 0 radical (unpaired) electrons. The lowest BCUT2D eigenvalue weighted by Crippen LogP contribution is -2.05. The third kappa shape index (κ3) is 2.07. The fraction of sp³-hybridized carbons (Fsp3) is 0.118. The highest BCUT2D eigenvalue weighted by Crippen LogP contribution is 2.25. The van der Waals surface area contributed by atoms with Gasteiger partial charge in [-0.25, -0.2) is 4.79 Å². The summed E-state index contributed by atoms with van der Waals surface area (Å²) in [5.41, 5.74) is 2.46. The maximum atomic E-state index is 11.1. The van der Waals surface area contributed by atoms with Gasteiger partial charge in [-0.15, -0.1) is 0 Å². The molecule has 0 fully saturated rings. The van der Waals surface area contributed by atoms with Crippen molar-refractivity contribution < 1.29 is 9.90 Å². The summed E-state index contributed by atoms with van der Waals surface area (Å²) in [4.78, 5) is 11.1. The van der Waals surface area contributed by atoms with E-state index in [1.54, 1.807) is 12.1 Å². The lowest BCUT2D eigenvalue weighted by molar-refractivity contribution is 0.0697. The van der Waals surface area contributed by atoms with Crippen molar-refractivity contribution in [3.63, 3.8) is 0 Å². The molecule has 0 amide bonds. The lowest BCUT2D eigenvalue weighted by Gasteiger charge is -2.16. The highest BCUT2D eigenvalue weighted by molar-refractivity contribution is 5.93. The van der Waals surface area contributed by atoms with Gasteiger partial charge in [0.2, 0.25) is 0 Å². The minimum atomic E-state index is -0.896. The Morgan fingerprint density at radius 3 is 2.55 bits per heavy atom. The Labute approximate surface area is 117 Å². The minimum absolute atomic E-state index is 0.165. The summed E-state index contributed by atoms with van der Waals surface area (Å²) in [5, 5.41) is 10.2. The number of nitrogens with zero attached hydrogens (tertiary/aromatic N) is 1. The van der Waals surface area contributed by atoms with E-state index in [0.717, 1.165) is 10.9 Å². The summed E-state index contributed by atoms with van der Waals surface area (Å²) in [5.74, 6) is -0.896. The van der Waals surface area contributed by atoms with Crippen LogP contribution >= 0.6 is 0 Å². The molecule has 20 heavy (non-hydrogen) atoms. The second kappa shape index (κ2) is 4.85. The smallest absolute Gasteiger partial charge is 0.335 e. The van der Waals surface area contributed by atoms with Gasteiger partial charge >= 0.3 is 5.97 Å². The fourth-order valence-corrected chi connectivity index (χ4v) is 2.51. The van der Waals surface area contributed by atoms with E-state index in [0.29, 0.717) is 5.56 Å². The minimum Gasteiger partial charge on any atom is -0.478 e. The molecule has 3 nitrogen and oxygen atoms in total. The highest BCUT2D eigenvalue weighted by Gasteiger charge is 2.12. The number of benzene rings is 2. The molecule has 1 unspecified atom stereocenters. The van der Waals surface area contributed by atoms with E-state index in [4.69, 9.17) is 5.11 Å². The second-order valence-electron chi connectivity index (χ2n) is 4.89. The Balaban J connectivity index is 2.12. The second-order valence-corrected chi connectivity index (χ2v) is 4.89. The van der Waals surface area contributed by atoms with Gasteiger partial charge in [0, 0.05) is 11.7 Å². The van der Waals surface area contributed by atoms with E-state index in [9.17, 15) is 4.79 Å². The fourth-order valence-electron chi connectivity index (χ4n) is 2.51. The molecule has 3 rings (SSSR count). The number of aromatic nitrogens is 1. The molecule has 1 N–H and O–H groups in total. The van der Waals surface area contributed by atoms with Gasteiger partial charge in [0.25, 0.3) is 0 Å². The first-order chi connectivity index (χ1) is 9.66. The molecule has 0 bridgehead atoms. The van der Waals surface area contributed by atoms with Crippen molar-refractivity contribution in [2.75, 3.05) is 0 Å². The maximum Gasteiger partial charge on any atom is 0.335 e. The number of fused-ring (bicyclic) bond motifs is 1. The van der Waals surface area contributed by atoms with Crippen LogP contribution in [0.15, 0.2) is 60.8 Å². The van der Waals surface area contributed by atoms with Crippen LogP contribution in [-0.4, -0.2) is 15.6 Å². The van der Waals surface area contributed by atoms with Crippen molar-refractivity contribution in [1.29, 1.82) is 0 Å². The topological polar surface area (TPSA) is 42.2 Å². The van der Waals surface area contributed by atoms with Gasteiger partial charge in [-0.1, -0.05) is 36.4 Å². The van der Waals surface area contributed by atoms with Crippen LogP contribution in [0.4, 0.5) is 0 Å². The van der Waals surface area contributed by atoms with Gasteiger partial charge in [0.15, 0.2) is 0 Å². The van der Waals surface area contributed by atoms with Crippen LogP contribution in [0.2, 0.25) is 0 Å². The van der Waals surface area contributed by atoms with Gasteiger partial charge in [-0.2, -0.15) is 0 Å². The largest absolute Gasteiger partial charge is 0.478 e. The van der Waals surface area contributed by atoms with Crippen LogP contribution in [0, 0.1) is 0 Å². The number of carboxylic acids is 1. The van der Waals surface area contributed by atoms with Crippen molar-refractivity contribution in [3.05, 3.63) is 71.9 Å². The van der Waals surface area contributed by atoms with Crippen molar-refractivity contribution in [2.24, 2.45) is 0 Å². The molecule has 100 valence electrons. The number of rotatable bonds is 3. The maximum absolute atomic E-state index is 11.1. The third-order valence-electron chi connectivity index (χ3n) is 3.67. The first kappa shape index (κ1) is 12.5. The Kier molecular flexibility index (Phi) is 3.03. The molecule has 3 heteroatoms. The normalized spacial score (nSPS) is 12.4. The third-order valence-corrected chi connectivity index (χ3v) is 3.67. The number of hydrogen-bond acceptors (Lipinski definition) is 1. The van der Waals surface area contributed by atoms with Crippen LogP contribution in [0.25, 0.3) is 10.9 Å². The number of carboxylic acid groups (broad SMARTS) is 1. The first-order valence-electron chi connectivity index (χ1n) is 6.55. The van der Waals surface area contributed by atoms with Crippen molar-refractivity contribution in [1.82, 2.24) is 4.57 Å². The summed E-state index contributed by atoms with van der Waals surface area (Å²) in [6.07, 6.45) is 2.01. The molecule has 0 saturated carbocycles. The van der Waals surface area contributed by atoms with Gasteiger partial charge in [-0.05, 0) is 36.1 Å². The summed E-state index contributed by atoms with van der Waals surface area (Å²) >= 11 is 0. The average Bonchev–Trinajstić information content (AvgIpc) is 2.90. The number of carbonyl (C=O) groups is 1. The Hall–Kier alpha value is -2.55. The standard InChI is InChI=1S/C17H15NO2/c1-12(13-5-3-2-4-6-13)18-10-9-14-7-8-15(17(19)20)11-16(14)18/h2-12H,1H3,(H,19,20). The summed E-state index contributed by atoms with van der Waals surface area (Å²) in [6.45, 7) is 2.11. The van der Waals surface area contributed by atoms with E-state index in [2.05, 4.69) is 23.6 Å². The molecule has 0 saturated heterocycles. The van der Waals surface area contributed by atoms with E-state index in [1.807, 2.05) is 36.5 Å². The van der Waals surface area contributed by atoms with E-state index in [1.165, 1.54) is 5.56 Å². The molecule has 1 aromatic heterocycles. The molecule has 1 heterocycles. The van der Waals surface area contributed by atoms with E-state index < -0.39 is 5.97 Å². The van der Waals surface area contributed by atoms with Crippen LogP contribution in [0.5, 0.6) is 0 Å². The van der Waals surface area contributed by atoms with Crippen LogP contribution in [0.1, 0.15) is 28.9 Å². The van der Waals surface area contributed by atoms with Crippen LogP contribution in [-0.2, 0) is 0 Å². The average molecular weight is 265 g/mol. The molecule has 0 aliphatic heterocycles. The molecule has 1 atom stereocenters. The zero-order chi connectivity index (χ0) is 14.1. The first-order valence-corrected chi connectivity index (χ1v) is 6.55. The van der Waals surface area contributed by atoms with Gasteiger partial charge in [0.1, 0.15) is 0 Å². The van der Waals surface area contributed by atoms with E-state index >= 15 is 0 Å². The van der Waals surface area contributed by atoms with Crippen molar-refractivity contribution in [2.45, 2.75) is 13.0 Å². The monoisotopic (exact) mass is 265 g/mol. The van der Waals surface area contributed by atoms with Crippen LogP contribution < -0.4 is 0 Å². The zero-order valence-corrected chi connectivity index (χ0v) is 11.2. The van der Waals surface area contributed by atoms with Gasteiger partial charge in [-0.3, -0.25) is 0 Å².